The number of nitrogens with two attached hydrogens (primary N) is 1. The van der Waals surface area contributed by atoms with Crippen LogP contribution < -0.4 is 16.4 Å². The molecule has 1 aromatic heterocycles. The summed E-state index contributed by atoms with van der Waals surface area (Å²) >= 11 is 0. The number of pyridine rings is 1. The first-order valence-corrected chi connectivity index (χ1v) is 6.97. The second kappa shape index (κ2) is 7.70. The van der Waals surface area contributed by atoms with Crippen molar-refractivity contribution in [3.05, 3.63) is 24.5 Å². The SMILES string of the molecule is NC(C(=O)NCC(=O)Nc1cccnc1)C1CCOCC1. The molecule has 114 valence electrons. The maximum Gasteiger partial charge on any atom is 0.243 e. The van der Waals surface area contributed by atoms with E-state index in [1.807, 2.05) is 0 Å². The fourth-order valence-corrected chi connectivity index (χ4v) is 2.22. The number of anilines is 1. The highest BCUT2D eigenvalue weighted by Gasteiger charge is 2.26. The molecule has 0 aliphatic carbocycles. The molecule has 1 atom stereocenters. The van der Waals surface area contributed by atoms with Crippen LogP contribution in [0.15, 0.2) is 24.5 Å². The quantitative estimate of drug-likeness (QED) is 0.702. The number of hydrogen-bond acceptors (Lipinski definition) is 5. The first-order valence-electron chi connectivity index (χ1n) is 6.97. The van der Waals surface area contributed by atoms with Gasteiger partial charge in [-0.15, -0.1) is 0 Å². The molecule has 1 aliphatic heterocycles. The number of carbonyl (C=O) groups excluding carboxylic acids is 2. The predicted octanol–water partition coefficient (Wildman–Crippen LogP) is -0.110. The molecule has 2 heterocycles. The number of nitrogens with one attached hydrogen (secondary N) is 2. The lowest BCUT2D eigenvalue weighted by atomic mass is 9.92. The summed E-state index contributed by atoms with van der Waals surface area (Å²) in [5.74, 6) is -0.501. The molecule has 1 saturated heterocycles. The van der Waals surface area contributed by atoms with Crippen LogP contribution in [0.25, 0.3) is 0 Å². The van der Waals surface area contributed by atoms with Gasteiger partial charge in [-0.1, -0.05) is 0 Å². The van der Waals surface area contributed by atoms with Crippen molar-refractivity contribution in [2.45, 2.75) is 18.9 Å². The van der Waals surface area contributed by atoms with Gasteiger partial charge in [-0.3, -0.25) is 14.6 Å². The second-order valence-electron chi connectivity index (χ2n) is 4.98. The Balaban J connectivity index is 1.74. The van der Waals surface area contributed by atoms with Crippen molar-refractivity contribution < 1.29 is 14.3 Å². The minimum Gasteiger partial charge on any atom is -0.381 e. The summed E-state index contributed by atoms with van der Waals surface area (Å²) in [6, 6.07) is 2.84. The van der Waals surface area contributed by atoms with E-state index in [-0.39, 0.29) is 24.3 Å². The molecule has 7 nitrogen and oxygen atoms in total. The minimum atomic E-state index is -0.597. The number of carbonyl (C=O) groups is 2. The van der Waals surface area contributed by atoms with Gasteiger partial charge in [0.05, 0.1) is 24.5 Å². The Morgan fingerprint density at radius 1 is 1.43 bits per heavy atom. The van der Waals surface area contributed by atoms with Crippen LogP contribution >= 0.6 is 0 Å². The summed E-state index contributed by atoms with van der Waals surface area (Å²) in [5.41, 5.74) is 6.51. The van der Waals surface area contributed by atoms with Crippen molar-refractivity contribution in [2.24, 2.45) is 11.7 Å². The number of rotatable bonds is 5. The molecule has 1 unspecified atom stereocenters. The van der Waals surface area contributed by atoms with E-state index in [1.165, 1.54) is 6.20 Å². The lowest BCUT2D eigenvalue weighted by Gasteiger charge is -2.26. The van der Waals surface area contributed by atoms with E-state index in [4.69, 9.17) is 10.5 Å². The van der Waals surface area contributed by atoms with Crippen LogP contribution in [0, 0.1) is 5.92 Å². The molecule has 4 N–H and O–H groups in total. The number of amides is 2. The lowest BCUT2D eigenvalue weighted by molar-refractivity contribution is -0.126. The maximum absolute atomic E-state index is 11.9. The molecule has 1 aromatic rings. The summed E-state index contributed by atoms with van der Waals surface area (Å²) < 4.78 is 5.24. The molecule has 21 heavy (non-hydrogen) atoms. The Morgan fingerprint density at radius 2 is 2.19 bits per heavy atom. The van der Waals surface area contributed by atoms with Gasteiger partial charge in [-0.05, 0) is 30.9 Å². The van der Waals surface area contributed by atoms with Gasteiger partial charge < -0.3 is 21.1 Å². The normalized spacial score (nSPS) is 17.0. The van der Waals surface area contributed by atoms with Gasteiger partial charge in [0, 0.05) is 19.4 Å². The van der Waals surface area contributed by atoms with Gasteiger partial charge in [0.15, 0.2) is 0 Å². The first-order chi connectivity index (χ1) is 10.2. The Morgan fingerprint density at radius 3 is 2.86 bits per heavy atom. The van der Waals surface area contributed by atoms with Crippen molar-refractivity contribution in [2.75, 3.05) is 25.1 Å². The van der Waals surface area contributed by atoms with E-state index < -0.39 is 6.04 Å². The van der Waals surface area contributed by atoms with E-state index in [0.717, 1.165) is 12.8 Å². The third kappa shape index (κ3) is 4.80. The van der Waals surface area contributed by atoms with Crippen molar-refractivity contribution in [1.29, 1.82) is 0 Å². The zero-order chi connectivity index (χ0) is 15.1. The summed E-state index contributed by atoms with van der Waals surface area (Å²) in [6.45, 7) is 1.16. The lowest BCUT2D eigenvalue weighted by Crippen LogP contribution is -2.48. The molecular formula is C14H20N4O3. The average molecular weight is 292 g/mol. The smallest absolute Gasteiger partial charge is 0.243 e. The molecule has 0 aromatic carbocycles. The van der Waals surface area contributed by atoms with E-state index >= 15 is 0 Å². The van der Waals surface area contributed by atoms with Crippen molar-refractivity contribution in [3.8, 4) is 0 Å². The van der Waals surface area contributed by atoms with Crippen LogP contribution in [0.3, 0.4) is 0 Å². The van der Waals surface area contributed by atoms with Crippen LogP contribution in [0.2, 0.25) is 0 Å². The molecule has 0 bridgehead atoms. The van der Waals surface area contributed by atoms with E-state index in [9.17, 15) is 9.59 Å². The molecule has 2 amide bonds. The molecule has 0 radical (unpaired) electrons. The van der Waals surface area contributed by atoms with Crippen LogP contribution in [-0.4, -0.2) is 42.6 Å². The summed E-state index contributed by atoms with van der Waals surface area (Å²) in [7, 11) is 0. The van der Waals surface area contributed by atoms with E-state index in [1.54, 1.807) is 18.3 Å². The molecular weight excluding hydrogens is 272 g/mol. The third-order valence-electron chi connectivity index (χ3n) is 3.45. The Kier molecular flexibility index (Phi) is 5.65. The third-order valence-corrected chi connectivity index (χ3v) is 3.45. The molecule has 1 fully saturated rings. The van der Waals surface area contributed by atoms with Gasteiger partial charge in [-0.2, -0.15) is 0 Å². The zero-order valence-electron chi connectivity index (χ0n) is 11.7. The van der Waals surface area contributed by atoms with Gasteiger partial charge in [-0.25, -0.2) is 0 Å². The highest BCUT2D eigenvalue weighted by molar-refractivity contribution is 5.95. The van der Waals surface area contributed by atoms with Crippen LogP contribution in [0.4, 0.5) is 5.69 Å². The summed E-state index contributed by atoms with van der Waals surface area (Å²) in [4.78, 5) is 27.5. The van der Waals surface area contributed by atoms with E-state index in [2.05, 4.69) is 15.6 Å². The molecule has 0 saturated carbocycles. The number of nitrogens with zero attached hydrogens (tertiary/aromatic N) is 1. The Hall–Kier alpha value is -1.99. The van der Waals surface area contributed by atoms with Gasteiger partial charge in [0.1, 0.15) is 0 Å². The summed E-state index contributed by atoms with van der Waals surface area (Å²) in [5, 5.41) is 5.20. The van der Waals surface area contributed by atoms with Crippen molar-refractivity contribution >= 4 is 17.5 Å². The van der Waals surface area contributed by atoms with Gasteiger partial charge >= 0.3 is 0 Å². The molecule has 2 rings (SSSR count). The number of ether oxygens (including phenoxy) is 1. The Bertz CT molecular complexity index is 474. The maximum atomic E-state index is 11.9. The molecule has 7 heteroatoms. The first kappa shape index (κ1) is 15.4. The Labute approximate surface area is 123 Å². The van der Waals surface area contributed by atoms with E-state index in [0.29, 0.717) is 18.9 Å². The topological polar surface area (TPSA) is 106 Å². The largest absolute Gasteiger partial charge is 0.381 e. The van der Waals surface area contributed by atoms with Crippen LogP contribution in [-0.2, 0) is 14.3 Å². The molecule has 1 aliphatic rings. The fourth-order valence-electron chi connectivity index (χ4n) is 2.22. The predicted molar refractivity (Wildman–Crippen MR) is 77.4 cm³/mol. The van der Waals surface area contributed by atoms with Crippen molar-refractivity contribution in [1.82, 2.24) is 10.3 Å². The standard InChI is InChI=1S/C14H20N4O3/c15-13(10-3-6-21-7-4-10)14(20)17-9-12(19)18-11-2-1-5-16-8-11/h1-2,5,8,10,13H,3-4,6-7,9,15H2,(H,17,20)(H,18,19). The van der Waals surface area contributed by atoms with Crippen LogP contribution in [0.1, 0.15) is 12.8 Å². The van der Waals surface area contributed by atoms with Crippen molar-refractivity contribution in [3.63, 3.8) is 0 Å². The highest BCUT2D eigenvalue weighted by atomic mass is 16.5. The minimum absolute atomic E-state index is 0.107. The average Bonchev–Trinajstić information content (AvgIpc) is 2.53. The molecule has 0 spiro atoms. The monoisotopic (exact) mass is 292 g/mol. The fraction of sp³-hybridized carbons (Fsp3) is 0.500. The highest BCUT2D eigenvalue weighted by Crippen LogP contribution is 2.17. The van der Waals surface area contributed by atoms with Gasteiger partial charge in [0.25, 0.3) is 0 Å². The van der Waals surface area contributed by atoms with Crippen LogP contribution in [0.5, 0.6) is 0 Å². The zero-order valence-corrected chi connectivity index (χ0v) is 11.7. The summed E-state index contributed by atoms with van der Waals surface area (Å²) in [6.07, 6.45) is 4.70. The second-order valence-corrected chi connectivity index (χ2v) is 4.98. The number of hydrogen-bond donors (Lipinski definition) is 3. The van der Waals surface area contributed by atoms with Gasteiger partial charge in [0.2, 0.25) is 11.8 Å². The number of aromatic nitrogens is 1.